The van der Waals surface area contributed by atoms with Gasteiger partial charge in [0.1, 0.15) is 0 Å². The molecule has 0 saturated heterocycles. The van der Waals surface area contributed by atoms with E-state index in [4.69, 9.17) is 0 Å². The first-order valence-corrected chi connectivity index (χ1v) is 8.41. The number of hydrogen-bond acceptors (Lipinski definition) is 4. The van der Waals surface area contributed by atoms with Crippen LogP contribution in [0, 0.1) is 13.8 Å². The molecule has 0 saturated carbocycles. The Morgan fingerprint density at radius 3 is 2.78 bits per heavy atom. The first kappa shape index (κ1) is 19.9. The van der Waals surface area contributed by atoms with Crippen LogP contribution in [0.15, 0.2) is 23.7 Å². The Labute approximate surface area is 158 Å². The lowest BCUT2D eigenvalue weighted by atomic mass is 10.4. The van der Waals surface area contributed by atoms with Crippen LogP contribution in [0.4, 0.5) is 0 Å². The minimum absolute atomic E-state index is 0. The maximum absolute atomic E-state index is 4.60. The number of halogens is 1. The molecule has 6 nitrogen and oxygen atoms in total. The third-order valence-electron chi connectivity index (χ3n) is 3.23. The van der Waals surface area contributed by atoms with E-state index in [0.717, 1.165) is 49.3 Å². The van der Waals surface area contributed by atoms with Crippen molar-refractivity contribution in [3.05, 3.63) is 34.3 Å². The van der Waals surface area contributed by atoms with E-state index in [0.29, 0.717) is 0 Å². The van der Waals surface area contributed by atoms with Crippen LogP contribution in [0.5, 0.6) is 0 Å². The summed E-state index contributed by atoms with van der Waals surface area (Å²) in [7, 11) is 0. The molecular formula is C15H25IN6S. The van der Waals surface area contributed by atoms with E-state index >= 15 is 0 Å². The zero-order valence-corrected chi connectivity index (χ0v) is 17.0. The lowest BCUT2D eigenvalue weighted by Crippen LogP contribution is -2.39. The summed E-state index contributed by atoms with van der Waals surface area (Å²) in [5.41, 5.74) is 1.13. The molecule has 2 aromatic rings. The molecule has 0 amide bonds. The Kier molecular flexibility index (Phi) is 9.15. The average Bonchev–Trinajstić information content (AvgIpc) is 3.10. The Morgan fingerprint density at radius 2 is 2.17 bits per heavy atom. The van der Waals surface area contributed by atoms with Crippen LogP contribution in [0.1, 0.15) is 22.5 Å². The molecule has 0 radical (unpaired) electrons. The van der Waals surface area contributed by atoms with Crippen molar-refractivity contribution in [3.8, 4) is 0 Å². The van der Waals surface area contributed by atoms with Crippen molar-refractivity contribution in [2.75, 3.05) is 19.6 Å². The number of thiazole rings is 1. The maximum Gasteiger partial charge on any atom is 0.191 e. The summed E-state index contributed by atoms with van der Waals surface area (Å²) in [5, 5.41) is 7.76. The molecule has 0 spiro atoms. The Hall–Kier alpha value is -1.16. The van der Waals surface area contributed by atoms with E-state index in [2.05, 4.69) is 46.4 Å². The summed E-state index contributed by atoms with van der Waals surface area (Å²) in [4.78, 5) is 14.5. The average molecular weight is 448 g/mol. The van der Waals surface area contributed by atoms with Crippen molar-refractivity contribution in [1.29, 1.82) is 0 Å². The molecule has 0 unspecified atom stereocenters. The van der Waals surface area contributed by atoms with Crippen LogP contribution in [0.2, 0.25) is 0 Å². The van der Waals surface area contributed by atoms with Crippen molar-refractivity contribution in [2.24, 2.45) is 4.99 Å². The summed E-state index contributed by atoms with van der Waals surface area (Å²) >= 11 is 1.76. The van der Waals surface area contributed by atoms with Gasteiger partial charge in [0.25, 0.3) is 0 Å². The largest absolute Gasteiger partial charge is 0.357 e. The molecule has 2 aromatic heterocycles. The van der Waals surface area contributed by atoms with Gasteiger partial charge in [-0.15, -0.1) is 35.3 Å². The summed E-state index contributed by atoms with van der Waals surface area (Å²) in [6.07, 6.45) is 6.45. The fraction of sp³-hybridized carbons (Fsp3) is 0.533. The molecule has 128 valence electrons. The number of nitrogens with one attached hydrogen (secondary N) is 2. The highest BCUT2D eigenvalue weighted by molar-refractivity contribution is 14.0. The second kappa shape index (κ2) is 10.6. The number of guanidine groups is 1. The molecule has 0 aromatic carbocycles. The smallest absolute Gasteiger partial charge is 0.191 e. The van der Waals surface area contributed by atoms with Crippen LogP contribution in [0.3, 0.4) is 0 Å². The molecule has 0 aliphatic carbocycles. The molecule has 0 bridgehead atoms. The van der Waals surface area contributed by atoms with E-state index in [1.54, 1.807) is 17.5 Å². The van der Waals surface area contributed by atoms with Gasteiger partial charge in [0.15, 0.2) is 5.96 Å². The minimum Gasteiger partial charge on any atom is -0.357 e. The lowest BCUT2D eigenvalue weighted by molar-refractivity contribution is 0.662. The normalized spacial score (nSPS) is 11.2. The van der Waals surface area contributed by atoms with Gasteiger partial charge in [-0.2, -0.15) is 0 Å². The molecule has 8 heteroatoms. The SMILES string of the molecule is CCNC(=NCCc1nc(C)c(C)s1)NCCn1ccnc1.I. The maximum atomic E-state index is 4.60. The van der Waals surface area contributed by atoms with Crippen LogP contribution >= 0.6 is 35.3 Å². The Morgan fingerprint density at radius 1 is 1.35 bits per heavy atom. The molecule has 2 rings (SSSR count). The number of nitrogens with zero attached hydrogens (tertiary/aromatic N) is 4. The van der Waals surface area contributed by atoms with Gasteiger partial charge in [-0.05, 0) is 20.8 Å². The van der Waals surface area contributed by atoms with Crippen LogP contribution in [0.25, 0.3) is 0 Å². The second-order valence-electron chi connectivity index (χ2n) is 4.99. The van der Waals surface area contributed by atoms with Gasteiger partial charge in [-0.1, -0.05) is 0 Å². The van der Waals surface area contributed by atoms with Gasteiger partial charge < -0.3 is 15.2 Å². The fourth-order valence-electron chi connectivity index (χ4n) is 1.97. The Bertz CT molecular complexity index is 574. The number of hydrogen-bond donors (Lipinski definition) is 2. The van der Waals surface area contributed by atoms with E-state index < -0.39 is 0 Å². The number of imidazole rings is 1. The third-order valence-corrected chi connectivity index (χ3v) is 4.37. The molecule has 0 atom stereocenters. The molecule has 0 aliphatic heterocycles. The number of rotatable bonds is 7. The fourth-order valence-corrected chi connectivity index (χ4v) is 2.90. The van der Waals surface area contributed by atoms with Crippen molar-refractivity contribution in [3.63, 3.8) is 0 Å². The topological polar surface area (TPSA) is 67.1 Å². The standard InChI is InChI=1S/C15H24N6S.HI/c1-4-17-15(19-8-10-21-9-7-16-11-21)18-6-5-14-20-12(2)13(3)22-14;/h7,9,11H,4-6,8,10H2,1-3H3,(H2,17,18,19);1H. The van der Waals surface area contributed by atoms with Gasteiger partial charge in [0.05, 0.1) is 17.0 Å². The van der Waals surface area contributed by atoms with Crippen LogP contribution in [-0.4, -0.2) is 40.1 Å². The third kappa shape index (κ3) is 6.86. The zero-order valence-electron chi connectivity index (χ0n) is 13.9. The van der Waals surface area contributed by atoms with Crippen LogP contribution in [-0.2, 0) is 13.0 Å². The van der Waals surface area contributed by atoms with E-state index in [1.165, 1.54) is 4.88 Å². The van der Waals surface area contributed by atoms with E-state index in [9.17, 15) is 0 Å². The molecule has 0 fully saturated rings. The van der Waals surface area contributed by atoms with Gasteiger partial charge in [0, 0.05) is 49.9 Å². The summed E-state index contributed by atoms with van der Waals surface area (Å²) in [6, 6.07) is 0. The molecular weight excluding hydrogens is 423 g/mol. The first-order valence-electron chi connectivity index (χ1n) is 7.60. The van der Waals surface area contributed by atoms with Gasteiger partial charge in [-0.3, -0.25) is 4.99 Å². The number of aliphatic imine (C=N–C) groups is 1. The van der Waals surface area contributed by atoms with Gasteiger partial charge >= 0.3 is 0 Å². The van der Waals surface area contributed by atoms with E-state index in [-0.39, 0.29) is 24.0 Å². The summed E-state index contributed by atoms with van der Waals surface area (Å²) in [5.74, 6) is 0.854. The monoisotopic (exact) mass is 448 g/mol. The van der Waals surface area contributed by atoms with Crippen molar-refractivity contribution >= 4 is 41.3 Å². The Balaban J connectivity index is 0.00000264. The van der Waals surface area contributed by atoms with Crippen LogP contribution < -0.4 is 10.6 Å². The molecule has 23 heavy (non-hydrogen) atoms. The predicted molar refractivity (Wildman–Crippen MR) is 107 cm³/mol. The summed E-state index contributed by atoms with van der Waals surface area (Å²) in [6.45, 7) is 9.52. The first-order chi connectivity index (χ1) is 10.7. The highest BCUT2D eigenvalue weighted by Gasteiger charge is 2.03. The van der Waals surface area contributed by atoms with E-state index in [1.807, 2.05) is 17.1 Å². The van der Waals surface area contributed by atoms with Crippen molar-refractivity contribution in [2.45, 2.75) is 33.7 Å². The van der Waals surface area contributed by atoms with Gasteiger partial charge in [0.2, 0.25) is 0 Å². The molecule has 2 N–H and O–H groups in total. The molecule has 0 aliphatic rings. The highest BCUT2D eigenvalue weighted by atomic mass is 127. The van der Waals surface area contributed by atoms with Gasteiger partial charge in [-0.25, -0.2) is 9.97 Å². The molecule has 2 heterocycles. The number of aryl methyl sites for hydroxylation is 2. The highest BCUT2D eigenvalue weighted by Crippen LogP contribution is 2.16. The lowest BCUT2D eigenvalue weighted by Gasteiger charge is -2.11. The minimum atomic E-state index is 0. The van der Waals surface area contributed by atoms with Crippen molar-refractivity contribution < 1.29 is 0 Å². The zero-order chi connectivity index (χ0) is 15.8. The quantitative estimate of drug-likeness (QED) is 0.388. The second-order valence-corrected chi connectivity index (χ2v) is 6.27. The predicted octanol–water partition coefficient (Wildman–Crippen LogP) is 2.37. The van der Waals surface area contributed by atoms with Crippen molar-refractivity contribution in [1.82, 2.24) is 25.2 Å². The number of aromatic nitrogens is 3. The summed E-state index contributed by atoms with van der Waals surface area (Å²) < 4.78 is 2.04.